The molecule has 1 fully saturated rings. The summed E-state index contributed by atoms with van der Waals surface area (Å²) in [5.41, 5.74) is 2.56. The zero-order valence-electron chi connectivity index (χ0n) is 19.4. The first-order chi connectivity index (χ1) is 17.1. The van der Waals surface area contributed by atoms with E-state index < -0.39 is 0 Å². The highest BCUT2D eigenvalue weighted by molar-refractivity contribution is 9.10. The summed E-state index contributed by atoms with van der Waals surface area (Å²) in [6, 6.07) is 21.6. The first-order valence-corrected chi connectivity index (χ1v) is 12.8. The maximum Gasteiger partial charge on any atom is 0.172 e. The second-order valence-corrected chi connectivity index (χ2v) is 9.79. The summed E-state index contributed by atoms with van der Waals surface area (Å²) < 4.78 is 7.25. The first kappa shape index (κ1) is 24.0. The molecule has 1 aliphatic heterocycles. The Balaban J connectivity index is 1.58. The Kier molecular flexibility index (Phi) is 7.48. The Morgan fingerprint density at radius 2 is 1.77 bits per heavy atom. The Labute approximate surface area is 218 Å². The van der Waals surface area contributed by atoms with Gasteiger partial charge in [0.1, 0.15) is 24.8 Å². The molecule has 6 nitrogen and oxygen atoms in total. The predicted molar refractivity (Wildman–Crippen MR) is 143 cm³/mol. The van der Waals surface area contributed by atoms with Crippen LogP contribution in [0.3, 0.4) is 0 Å². The zero-order valence-corrected chi connectivity index (χ0v) is 21.7. The van der Waals surface area contributed by atoms with Crippen molar-refractivity contribution in [3.05, 3.63) is 88.1 Å². The van der Waals surface area contributed by atoms with Gasteiger partial charge in [0.15, 0.2) is 5.82 Å². The molecule has 0 amide bonds. The predicted octanol–water partition coefficient (Wildman–Crippen LogP) is 6.79. The van der Waals surface area contributed by atoms with E-state index in [1.165, 1.54) is 0 Å². The van der Waals surface area contributed by atoms with Gasteiger partial charge in [-0.2, -0.15) is 0 Å². The van der Waals surface area contributed by atoms with Crippen molar-refractivity contribution < 1.29 is 9.57 Å². The van der Waals surface area contributed by atoms with Crippen LogP contribution in [0.25, 0.3) is 10.9 Å². The second-order valence-electron chi connectivity index (χ2n) is 8.59. The number of hydrogen-bond acceptors (Lipinski definition) is 6. The summed E-state index contributed by atoms with van der Waals surface area (Å²) in [6.07, 6.45) is 3.64. The van der Waals surface area contributed by atoms with Crippen molar-refractivity contribution in [2.75, 3.05) is 25.2 Å². The maximum absolute atomic E-state index is 6.53. The number of benzene rings is 3. The van der Waals surface area contributed by atoms with Crippen LogP contribution >= 0.6 is 27.5 Å². The summed E-state index contributed by atoms with van der Waals surface area (Å²) in [7, 11) is 2.14. The van der Waals surface area contributed by atoms with E-state index in [4.69, 9.17) is 21.2 Å². The van der Waals surface area contributed by atoms with Gasteiger partial charge in [-0.05, 0) is 65.6 Å². The topological polar surface area (TPSA) is 50.7 Å². The van der Waals surface area contributed by atoms with Gasteiger partial charge in [0.05, 0.1) is 26.1 Å². The summed E-state index contributed by atoms with van der Waals surface area (Å²) >= 11 is 10.1. The molecule has 2 heterocycles. The number of aromatic nitrogens is 2. The highest BCUT2D eigenvalue weighted by Gasteiger charge is 2.24. The third kappa shape index (κ3) is 5.43. The molecule has 1 aliphatic rings. The van der Waals surface area contributed by atoms with Gasteiger partial charge in [0.2, 0.25) is 0 Å². The molecule has 1 saturated heterocycles. The third-order valence-corrected chi connectivity index (χ3v) is 7.49. The van der Waals surface area contributed by atoms with Crippen LogP contribution in [0.15, 0.2) is 77.5 Å². The van der Waals surface area contributed by atoms with Crippen molar-refractivity contribution in [1.29, 1.82) is 0 Å². The average Bonchev–Trinajstić information content (AvgIpc) is 2.88. The molecule has 5 rings (SSSR count). The lowest BCUT2D eigenvalue weighted by Crippen LogP contribution is -2.35. The summed E-state index contributed by atoms with van der Waals surface area (Å²) in [5.74, 6) is 1.34. The zero-order chi connectivity index (χ0) is 24.2. The van der Waals surface area contributed by atoms with Crippen molar-refractivity contribution in [3.63, 3.8) is 0 Å². The quantitative estimate of drug-likeness (QED) is 0.235. The van der Waals surface area contributed by atoms with E-state index in [0.29, 0.717) is 17.4 Å². The second kappa shape index (κ2) is 10.9. The molecule has 8 heteroatoms. The lowest BCUT2D eigenvalue weighted by atomic mass is 10.1. The molecule has 0 N–H and O–H groups in total. The van der Waals surface area contributed by atoms with Gasteiger partial charge in [-0.25, -0.2) is 15.0 Å². The molecular formula is C27H26BrClN4O2. The van der Waals surface area contributed by atoms with E-state index in [9.17, 15) is 0 Å². The van der Waals surface area contributed by atoms with Crippen LogP contribution in [-0.2, 0) is 11.4 Å². The highest BCUT2D eigenvalue weighted by Crippen LogP contribution is 2.41. The third-order valence-electron chi connectivity index (χ3n) is 6.11. The van der Waals surface area contributed by atoms with Crippen LogP contribution in [0.5, 0.6) is 5.75 Å². The number of rotatable bonds is 7. The number of hydrogen-bond donors (Lipinski definition) is 0. The van der Waals surface area contributed by atoms with Gasteiger partial charge in [-0.3, -0.25) is 4.84 Å². The molecule has 1 aromatic heterocycles. The Bertz CT molecular complexity index is 1290. The standard InChI is InChI=1S/C27H26BrClN4O2/c1-32-15-13-20(14-16-32)35-24-12-6-10-22-25(24)27(31-18-30-22)33(23-11-5-9-21(29)26(23)28)34-17-19-7-3-2-4-8-19/h2-12,18,20H,13-17H2,1H3. The number of piperidine rings is 1. The largest absolute Gasteiger partial charge is 0.489 e. The van der Waals surface area contributed by atoms with Gasteiger partial charge >= 0.3 is 0 Å². The molecule has 0 unspecified atom stereocenters. The number of likely N-dealkylation sites (tertiary alicyclic amines) is 1. The van der Waals surface area contributed by atoms with E-state index in [1.54, 1.807) is 11.4 Å². The van der Waals surface area contributed by atoms with Crippen LogP contribution in [0, 0.1) is 0 Å². The lowest BCUT2D eigenvalue weighted by Gasteiger charge is -2.30. The minimum Gasteiger partial charge on any atom is -0.489 e. The summed E-state index contributed by atoms with van der Waals surface area (Å²) in [5, 5.41) is 3.10. The fourth-order valence-electron chi connectivity index (χ4n) is 4.20. The van der Waals surface area contributed by atoms with Crippen molar-refractivity contribution in [1.82, 2.24) is 14.9 Å². The molecule has 0 bridgehead atoms. The van der Waals surface area contributed by atoms with Gasteiger partial charge in [0.25, 0.3) is 0 Å². The number of anilines is 2. The minimum atomic E-state index is 0.140. The Hall–Kier alpha value is -2.71. The maximum atomic E-state index is 6.53. The molecule has 180 valence electrons. The smallest absolute Gasteiger partial charge is 0.172 e. The van der Waals surface area contributed by atoms with Crippen LogP contribution in [0.4, 0.5) is 11.5 Å². The van der Waals surface area contributed by atoms with E-state index in [-0.39, 0.29) is 6.10 Å². The van der Waals surface area contributed by atoms with Gasteiger partial charge in [0, 0.05) is 13.1 Å². The minimum absolute atomic E-state index is 0.140. The Morgan fingerprint density at radius 3 is 2.57 bits per heavy atom. The molecule has 0 radical (unpaired) electrons. The van der Waals surface area contributed by atoms with E-state index >= 15 is 0 Å². The van der Waals surface area contributed by atoms with Gasteiger partial charge in [-0.15, -0.1) is 0 Å². The number of nitrogens with zero attached hydrogens (tertiary/aromatic N) is 4. The van der Waals surface area contributed by atoms with Gasteiger partial charge in [-0.1, -0.05) is 54.1 Å². The van der Waals surface area contributed by atoms with E-state index in [0.717, 1.165) is 58.3 Å². The van der Waals surface area contributed by atoms with Crippen molar-refractivity contribution in [2.45, 2.75) is 25.6 Å². The molecule has 0 spiro atoms. The number of halogens is 2. The van der Waals surface area contributed by atoms with Crippen LogP contribution in [-0.4, -0.2) is 41.1 Å². The Morgan fingerprint density at radius 1 is 1.00 bits per heavy atom. The number of fused-ring (bicyclic) bond motifs is 1. The summed E-state index contributed by atoms with van der Waals surface area (Å²) in [6.45, 7) is 2.38. The molecular weight excluding hydrogens is 528 g/mol. The normalized spacial score (nSPS) is 14.8. The lowest BCUT2D eigenvalue weighted by molar-refractivity contribution is 0.114. The molecule has 4 aromatic rings. The SMILES string of the molecule is CN1CCC(Oc2cccc3ncnc(N(OCc4ccccc4)c4cccc(Cl)c4Br)c23)CC1. The van der Waals surface area contributed by atoms with Crippen LogP contribution in [0.2, 0.25) is 5.02 Å². The number of ether oxygens (including phenoxy) is 1. The molecule has 0 aliphatic carbocycles. The fourth-order valence-corrected chi connectivity index (χ4v) is 4.80. The average molecular weight is 554 g/mol. The van der Waals surface area contributed by atoms with Gasteiger partial charge < -0.3 is 9.64 Å². The van der Waals surface area contributed by atoms with Crippen LogP contribution < -0.4 is 9.80 Å². The van der Waals surface area contributed by atoms with Crippen LogP contribution in [0.1, 0.15) is 18.4 Å². The van der Waals surface area contributed by atoms with Crippen molar-refractivity contribution in [3.8, 4) is 5.75 Å². The summed E-state index contributed by atoms with van der Waals surface area (Å²) in [4.78, 5) is 17.9. The molecule has 3 aromatic carbocycles. The van der Waals surface area contributed by atoms with Crippen molar-refractivity contribution >= 4 is 49.9 Å². The van der Waals surface area contributed by atoms with Crippen molar-refractivity contribution in [2.24, 2.45) is 0 Å². The van der Waals surface area contributed by atoms with E-state index in [1.807, 2.05) is 66.7 Å². The molecule has 0 saturated carbocycles. The first-order valence-electron chi connectivity index (χ1n) is 11.6. The monoisotopic (exact) mass is 552 g/mol. The van der Waals surface area contributed by atoms with E-state index in [2.05, 4.69) is 37.8 Å². The fraction of sp³-hybridized carbons (Fsp3) is 0.259. The highest BCUT2D eigenvalue weighted by atomic mass is 79.9. The molecule has 35 heavy (non-hydrogen) atoms. The molecule has 0 atom stereocenters.